The fraction of sp³-hybridized carbons (Fsp3) is 0.500. The molecule has 0 spiro atoms. The standard InChI is InChI=1S/C14H20N2OS/c1-10(11-6-3-4-7-12(11)15)16-13(17)14(2)8-5-9-18-14/h3-4,6-7,10H,5,8-9,15H2,1-2H3,(H,16,17). The number of rotatable bonds is 3. The van der Waals surface area contributed by atoms with Crippen molar-refractivity contribution in [2.75, 3.05) is 11.5 Å². The number of nitrogens with two attached hydrogens (primary N) is 1. The van der Waals surface area contributed by atoms with Gasteiger partial charge in [0.1, 0.15) is 0 Å². The molecule has 4 heteroatoms. The van der Waals surface area contributed by atoms with Crippen LogP contribution in [0.25, 0.3) is 0 Å². The van der Waals surface area contributed by atoms with Crippen LogP contribution in [0.5, 0.6) is 0 Å². The Hall–Kier alpha value is -1.16. The Kier molecular flexibility index (Phi) is 3.85. The van der Waals surface area contributed by atoms with Gasteiger partial charge >= 0.3 is 0 Å². The van der Waals surface area contributed by atoms with Gasteiger partial charge in [0.25, 0.3) is 0 Å². The van der Waals surface area contributed by atoms with Gasteiger partial charge in [0.2, 0.25) is 5.91 Å². The molecule has 0 saturated carbocycles. The lowest BCUT2D eigenvalue weighted by atomic mass is 10.0. The van der Waals surface area contributed by atoms with Crippen LogP contribution in [0.15, 0.2) is 24.3 Å². The molecule has 98 valence electrons. The van der Waals surface area contributed by atoms with Gasteiger partial charge in [-0.3, -0.25) is 4.79 Å². The Morgan fingerprint density at radius 2 is 2.22 bits per heavy atom. The summed E-state index contributed by atoms with van der Waals surface area (Å²) in [7, 11) is 0. The van der Waals surface area contributed by atoms with E-state index in [2.05, 4.69) is 5.32 Å². The number of amides is 1. The second-order valence-corrected chi connectivity index (χ2v) is 6.60. The van der Waals surface area contributed by atoms with E-state index in [-0.39, 0.29) is 16.7 Å². The average molecular weight is 264 g/mol. The highest BCUT2D eigenvalue weighted by molar-refractivity contribution is 8.01. The number of para-hydroxylation sites is 1. The van der Waals surface area contributed by atoms with Gasteiger partial charge in [0.05, 0.1) is 10.8 Å². The highest BCUT2D eigenvalue weighted by atomic mass is 32.2. The Balaban J connectivity index is 2.06. The molecule has 0 radical (unpaired) electrons. The molecule has 1 amide bonds. The minimum absolute atomic E-state index is 0.0447. The van der Waals surface area contributed by atoms with E-state index in [0.29, 0.717) is 0 Å². The molecule has 18 heavy (non-hydrogen) atoms. The Morgan fingerprint density at radius 1 is 1.50 bits per heavy atom. The third-order valence-corrected chi connectivity index (χ3v) is 5.03. The van der Waals surface area contributed by atoms with Crippen LogP contribution in [0.4, 0.5) is 5.69 Å². The van der Waals surface area contributed by atoms with Crippen molar-refractivity contribution in [2.24, 2.45) is 0 Å². The molecule has 0 aromatic heterocycles. The van der Waals surface area contributed by atoms with Crippen LogP contribution in [0.3, 0.4) is 0 Å². The summed E-state index contributed by atoms with van der Waals surface area (Å²) in [6.45, 7) is 4.01. The lowest BCUT2D eigenvalue weighted by molar-refractivity contribution is -0.123. The first kappa shape index (κ1) is 13.3. The van der Waals surface area contributed by atoms with Gasteiger partial charge in [-0.15, -0.1) is 11.8 Å². The summed E-state index contributed by atoms with van der Waals surface area (Å²) in [6.07, 6.45) is 2.08. The number of benzene rings is 1. The van der Waals surface area contributed by atoms with Gasteiger partial charge < -0.3 is 11.1 Å². The maximum Gasteiger partial charge on any atom is 0.236 e. The largest absolute Gasteiger partial charge is 0.398 e. The fourth-order valence-electron chi connectivity index (χ4n) is 2.29. The molecular weight excluding hydrogens is 244 g/mol. The van der Waals surface area contributed by atoms with Crippen molar-refractivity contribution in [3.05, 3.63) is 29.8 Å². The Bertz CT molecular complexity index is 441. The van der Waals surface area contributed by atoms with Crippen molar-refractivity contribution >= 4 is 23.4 Å². The highest BCUT2D eigenvalue weighted by Crippen LogP contribution is 2.38. The monoisotopic (exact) mass is 264 g/mol. The zero-order valence-electron chi connectivity index (χ0n) is 10.9. The van der Waals surface area contributed by atoms with E-state index in [4.69, 9.17) is 5.73 Å². The number of hydrogen-bond donors (Lipinski definition) is 2. The number of nitrogens with one attached hydrogen (secondary N) is 1. The van der Waals surface area contributed by atoms with Gasteiger partial charge in [0, 0.05) is 5.69 Å². The smallest absolute Gasteiger partial charge is 0.236 e. The van der Waals surface area contributed by atoms with E-state index in [1.165, 1.54) is 0 Å². The lowest BCUT2D eigenvalue weighted by Gasteiger charge is -2.25. The summed E-state index contributed by atoms with van der Waals surface area (Å²) in [5.41, 5.74) is 7.64. The number of anilines is 1. The van der Waals surface area contributed by atoms with Crippen molar-refractivity contribution < 1.29 is 4.79 Å². The van der Waals surface area contributed by atoms with Crippen LogP contribution >= 0.6 is 11.8 Å². The van der Waals surface area contributed by atoms with E-state index < -0.39 is 0 Å². The summed E-state index contributed by atoms with van der Waals surface area (Å²) in [6, 6.07) is 7.63. The first-order valence-corrected chi connectivity index (χ1v) is 7.31. The van der Waals surface area contributed by atoms with Gasteiger partial charge in [0.15, 0.2) is 0 Å². The van der Waals surface area contributed by atoms with Crippen LogP contribution in [0.1, 0.15) is 38.3 Å². The number of carbonyl (C=O) groups excluding carboxylic acids is 1. The van der Waals surface area contributed by atoms with Gasteiger partial charge in [-0.05, 0) is 44.1 Å². The molecule has 0 aliphatic carbocycles. The van der Waals surface area contributed by atoms with E-state index in [9.17, 15) is 4.79 Å². The topological polar surface area (TPSA) is 55.1 Å². The van der Waals surface area contributed by atoms with Crippen molar-refractivity contribution in [2.45, 2.75) is 37.5 Å². The first-order chi connectivity index (χ1) is 8.53. The molecule has 1 aromatic carbocycles. The van der Waals surface area contributed by atoms with E-state index in [1.807, 2.05) is 38.1 Å². The predicted molar refractivity (Wildman–Crippen MR) is 77.5 cm³/mol. The summed E-state index contributed by atoms with van der Waals surface area (Å²) in [4.78, 5) is 12.3. The molecule has 2 rings (SSSR count). The Morgan fingerprint density at radius 3 is 2.83 bits per heavy atom. The molecule has 1 aliphatic heterocycles. The van der Waals surface area contributed by atoms with Crippen molar-refractivity contribution in [3.8, 4) is 0 Å². The number of hydrogen-bond acceptors (Lipinski definition) is 3. The summed E-state index contributed by atoms with van der Waals surface area (Å²) in [5, 5.41) is 3.08. The molecule has 1 aromatic rings. The van der Waals surface area contributed by atoms with Gasteiger partial charge in [-0.25, -0.2) is 0 Å². The molecule has 3 nitrogen and oxygen atoms in total. The van der Waals surface area contributed by atoms with E-state index in [1.54, 1.807) is 11.8 Å². The van der Waals surface area contributed by atoms with Crippen LogP contribution in [0.2, 0.25) is 0 Å². The summed E-state index contributed by atoms with van der Waals surface area (Å²) < 4.78 is -0.266. The lowest BCUT2D eigenvalue weighted by Crippen LogP contribution is -2.41. The third-order valence-electron chi connectivity index (χ3n) is 3.51. The number of nitrogen functional groups attached to an aromatic ring is 1. The van der Waals surface area contributed by atoms with Gasteiger partial charge in [-0.1, -0.05) is 18.2 Å². The average Bonchev–Trinajstić information content (AvgIpc) is 2.78. The maximum atomic E-state index is 12.3. The molecule has 1 aliphatic rings. The molecule has 3 N–H and O–H groups in total. The minimum Gasteiger partial charge on any atom is -0.398 e. The Labute approximate surface area is 113 Å². The third kappa shape index (κ3) is 2.64. The minimum atomic E-state index is -0.266. The predicted octanol–water partition coefficient (Wildman–Crippen LogP) is 2.73. The zero-order chi connectivity index (χ0) is 13.2. The zero-order valence-corrected chi connectivity index (χ0v) is 11.7. The SMILES string of the molecule is CC(NC(=O)C1(C)CCCS1)c1ccccc1N. The van der Waals surface area contributed by atoms with Crippen LogP contribution in [-0.2, 0) is 4.79 Å². The second kappa shape index (κ2) is 5.22. The summed E-state index contributed by atoms with van der Waals surface area (Å²) in [5.74, 6) is 1.20. The van der Waals surface area contributed by atoms with Crippen LogP contribution in [-0.4, -0.2) is 16.4 Å². The van der Waals surface area contributed by atoms with Crippen molar-refractivity contribution in [3.63, 3.8) is 0 Å². The van der Waals surface area contributed by atoms with Crippen molar-refractivity contribution in [1.29, 1.82) is 0 Å². The van der Waals surface area contributed by atoms with E-state index >= 15 is 0 Å². The van der Waals surface area contributed by atoms with Gasteiger partial charge in [-0.2, -0.15) is 0 Å². The fourth-order valence-corrected chi connectivity index (χ4v) is 3.51. The van der Waals surface area contributed by atoms with Crippen LogP contribution in [0, 0.1) is 0 Å². The molecule has 2 atom stereocenters. The quantitative estimate of drug-likeness (QED) is 0.825. The second-order valence-electron chi connectivity index (χ2n) is 5.01. The maximum absolute atomic E-state index is 12.3. The normalized spacial score (nSPS) is 24.8. The van der Waals surface area contributed by atoms with Crippen molar-refractivity contribution in [1.82, 2.24) is 5.32 Å². The van der Waals surface area contributed by atoms with Crippen LogP contribution < -0.4 is 11.1 Å². The number of thioether (sulfide) groups is 1. The molecule has 1 saturated heterocycles. The molecule has 0 bridgehead atoms. The molecule has 2 unspecified atom stereocenters. The molecule has 1 fully saturated rings. The first-order valence-electron chi connectivity index (χ1n) is 6.32. The molecular formula is C14H20N2OS. The summed E-state index contributed by atoms with van der Waals surface area (Å²) >= 11 is 1.75. The molecule has 1 heterocycles. The highest BCUT2D eigenvalue weighted by Gasteiger charge is 2.37. The number of carbonyl (C=O) groups is 1. The van der Waals surface area contributed by atoms with E-state index in [0.717, 1.165) is 29.8 Å².